The molecule has 0 radical (unpaired) electrons. The molecule has 2 heterocycles. The number of carbonyl (C=O) groups excluding carboxylic acids is 2. The van der Waals surface area contributed by atoms with E-state index < -0.39 is 22.7 Å². The van der Waals surface area contributed by atoms with Gasteiger partial charge in [0, 0.05) is 26.1 Å². The summed E-state index contributed by atoms with van der Waals surface area (Å²) in [4.78, 5) is 41.4. The monoisotopic (exact) mass is 473 g/mol. The normalized spacial score (nSPS) is 11.3. The van der Waals surface area contributed by atoms with Gasteiger partial charge in [0.25, 0.3) is 5.91 Å². The first-order valence-electron chi connectivity index (χ1n) is 10.2. The van der Waals surface area contributed by atoms with Gasteiger partial charge in [-0.05, 0) is 38.5 Å². The maximum atomic E-state index is 13.1. The molecule has 0 saturated heterocycles. The molecule has 0 aliphatic heterocycles. The molecular formula is C22H24FN5O4S. The predicted molar refractivity (Wildman–Crippen MR) is 121 cm³/mol. The van der Waals surface area contributed by atoms with E-state index in [1.165, 1.54) is 30.2 Å². The van der Waals surface area contributed by atoms with Crippen LogP contribution >= 0.6 is 11.3 Å². The van der Waals surface area contributed by atoms with Crippen LogP contribution in [0.4, 0.5) is 4.39 Å². The summed E-state index contributed by atoms with van der Waals surface area (Å²) in [6, 6.07) is 5.97. The maximum Gasteiger partial charge on any atom is 0.276 e. The molecule has 3 N–H and O–H groups in total. The van der Waals surface area contributed by atoms with Gasteiger partial charge in [-0.15, -0.1) is 10.2 Å². The van der Waals surface area contributed by atoms with Crippen LogP contribution in [0.15, 0.2) is 35.3 Å². The number of H-pyrrole nitrogens is 1. The molecule has 0 aliphatic rings. The molecule has 11 heteroatoms. The van der Waals surface area contributed by atoms with Gasteiger partial charge in [0.05, 0.1) is 5.56 Å². The van der Waals surface area contributed by atoms with Gasteiger partial charge in [-0.2, -0.15) is 0 Å². The van der Waals surface area contributed by atoms with Crippen molar-refractivity contribution in [3.63, 3.8) is 0 Å². The van der Waals surface area contributed by atoms with Gasteiger partial charge < -0.3 is 20.3 Å². The number of hydrogen-bond donors (Lipinski definition) is 3. The SMILES string of the molecule is CCN(C(=O)c1[nH]cc(-c2nnc(Cc3ccc(F)cc3)s2)c(=O)c1O)C(C)(C)NC(C)=O. The minimum Gasteiger partial charge on any atom is -0.503 e. The zero-order chi connectivity index (χ0) is 24.3. The molecule has 9 nitrogen and oxygen atoms in total. The number of pyridine rings is 1. The van der Waals surface area contributed by atoms with E-state index in [4.69, 9.17) is 0 Å². The quantitative estimate of drug-likeness (QED) is 0.453. The third-order valence-electron chi connectivity index (χ3n) is 4.96. The second-order valence-electron chi connectivity index (χ2n) is 7.85. The van der Waals surface area contributed by atoms with E-state index in [0.717, 1.165) is 16.9 Å². The highest BCUT2D eigenvalue weighted by Gasteiger charge is 2.33. The summed E-state index contributed by atoms with van der Waals surface area (Å²) in [6.07, 6.45) is 1.71. The summed E-state index contributed by atoms with van der Waals surface area (Å²) in [5.74, 6) is -2.06. The number of benzene rings is 1. The van der Waals surface area contributed by atoms with E-state index in [1.54, 1.807) is 32.9 Å². The van der Waals surface area contributed by atoms with E-state index in [2.05, 4.69) is 20.5 Å². The van der Waals surface area contributed by atoms with Crippen molar-refractivity contribution >= 4 is 23.2 Å². The summed E-state index contributed by atoms with van der Waals surface area (Å²) in [6.45, 7) is 6.56. The average Bonchev–Trinajstić information content (AvgIpc) is 3.19. The summed E-state index contributed by atoms with van der Waals surface area (Å²) in [5, 5.41) is 22.1. The Morgan fingerprint density at radius 1 is 1.24 bits per heavy atom. The highest BCUT2D eigenvalue weighted by molar-refractivity contribution is 7.14. The largest absolute Gasteiger partial charge is 0.503 e. The first-order valence-corrected chi connectivity index (χ1v) is 11.0. The first kappa shape index (κ1) is 24.1. The van der Waals surface area contributed by atoms with Gasteiger partial charge in [0.15, 0.2) is 16.5 Å². The van der Waals surface area contributed by atoms with Gasteiger partial charge >= 0.3 is 0 Å². The lowest BCUT2D eigenvalue weighted by atomic mass is 10.1. The zero-order valence-electron chi connectivity index (χ0n) is 18.6. The smallest absolute Gasteiger partial charge is 0.276 e. The molecule has 0 saturated carbocycles. The molecule has 0 atom stereocenters. The van der Waals surface area contributed by atoms with Crippen molar-refractivity contribution in [1.82, 2.24) is 25.4 Å². The fraction of sp³-hybridized carbons (Fsp3) is 0.318. The summed E-state index contributed by atoms with van der Waals surface area (Å²) < 4.78 is 13.1. The van der Waals surface area contributed by atoms with Crippen LogP contribution in [0, 0.1) is 5.82 Å². The van der Waals surface area contributed by atoms with Gasteiger partial charge in [0.2, 0.25) is 11.3 Å². The van der Waals surface area contributed by atoms with Crippen LogP contribution in [0.1, 0.15) is 48.8 Å². The highest BCUT2D eigenvalue weighted by Crippen LogP contribution is 2.25. The number of rotatable bonds is 7. The lowest BCUT2D eigenvalue weighted by Crippen LogP contribution is -2.58. The molecule has 0 aliphatic carbocycles. The molecule has 0 unspecified atom stereocenters. The van der Waals surface area contributed by atoms with E-state index in [0.29, 0.717) is 11.4 Å². The van der Waals surface area contributed by atoms with Gasteiger partial charge in [0.1, 0.15) is 16.5 Å². The van der Waals surface area contributed by atoms with Crippen LogP contribution in [0.2, 0.25) is 0 Å². The van der Waals surface area contributed by atoms with Crippen LogP contribution in [-0.2, 0) is 11.2 Å². The van der Waals surface area contributed by atoms with Gasteiger partial charge in [-0.3, -0.25) is 14.4 Å². The Balaban J connectivity index is 1.88. The Morgan fingerprint density at radius 2 is 1.91 bits per heavy atom. The predicted octanol–water partition coefficient (Wildman–Crippen LogP) is 2.66. The Bertz CT molecular complexity index is 1240. The molecule has 0 bridgehead atoms. The number of carbonyl (C=O) groups is 2. The minimum atomic E-state index is -1.05. The Morgan fingerprint density at radius 3 is 2.52 bits per heavy atom. The molecule has 174 valence electrons. The van der Waals surface area contributed by atoms with E-state index >= 15 is 0 Å². The molecule has 1 aromatic carbocycles. The second kappa shape index (κ2) is 9.49. The average molecular weight is 474 g/mol. The van der Waals surface area contributed by atoms with Gasteiger partial charge in [-0.25, -0.2) is 4.39 Å². The van der Waals surface area contributed by atoms with Crippen molar-refractivity contribution in [1.29, 1.82) is 0 Å². The first-order chi connectivity index (χ1) is 15.5. The van der Waals surface area contributed by atoms with Crippen molar-refractivity contribution in [2.24, 2.45) is 0 Å². The van der Waals surface area contributed by atoms with Crippen molar-refractivity contribution in [3.05, 3.63) is 62.8 Å². The van der Waals surface area contributed by atoms with Crippen LogP contribution in [0.5, 0.6) is 5.75 Å². The number of aromatic nitrogens is 3. The van der Waals surface area contributed by atoms with Crippen LogP contribution < -0.4 is 10.7 Å². The lowest BCUT2D eigenvalue weighted by Gasteiger charge is -2.38. The molecule has 2 amide bonds. The Kier molecular flexibility index (Phi) is 6.92. The highest BCUT2D eigenvalue weighted by atomic mass is 32.1. The molecular weight excluding hydrogens is 449 g/mol. The van der Waals surface area contributed by atoms with Crippen molar-refractivity contribution in [2.75, 3.05) is 6.54 Å². The topological polar surface area (TPSA) is 128 Å². The zero-order valence-corrected chi connectivity index (χ0v) is 19.4. The number of nitrogens with one attached hydrogen (secondary N) is 2. The Labute approximate surface area is 193 Å². The number of halogens is 1. The summed E-state index contributed by atoms with van der Waals surface area (Å²) in [7, 11) is 0. The standard InChI is InChI=1S/C22H24FN5O4S/c1-5-28(22(3,4)25-12(2)29)21(32)17-19(31)18(30)15(11-24-17)20-27-26-16(33-20)10-13-6-8-14(23)9-7-13/h6-9,11,31H,5,10H2,1-4H3,(H,24,30)(H,25,29). The third-order valence-corrected chi connectivity index (χ3v) is 5.91. The molecule has 3 aromatic rings. The fourth-order valence-electron chi connectivity index (χ4n) is 3.48. The molecule has 2 aromatic heterocycles. The van der Waals surface area contributed by atoms with Crippen molar-refractivity contribution in [3.8, 4) is 16.3 Å². The third kappa shape index (κ3) is 5.25. The fourth-order valence-corrected chi connectivity index (χ4v) is 4.36. The van der Waals surface area contributed by atoms with Crippen LogP contribution in [0.25, 0.3) is 10.6 Å². The maximum absolute atomic E-state index is 13.1. The Hall–Kier alpha value is -3.60. The van der Waals surface area contributed by atoms with Crippen LogP contribution in [0.3, 0.4) is 0 Å². The molecule has 3 rings (SSSR count). The second-order valence-corrected chi connectivity index (χ2v) is 8.91. The molecule has 0 fully saturated rings. The summed E-state index contributed by atoms with van der Waals surface area (Å²) >= 11 is 1.15. The van der Waals surface area contributed by atoms with Gasteiger partial charge in [-0.1, -0.05) is 23.5 Å². The number of aromatic hydroxyl groups is 1. The lowest BCUT2D eigenvalue weighted by molar-refractivity contribution is -0.122. The number of aromatic amines is 1. The molecule has 0 spiro atoms. The van der Waals surface area contributed by atoms with E-state index in [9.17, 15) is 23.9 Å². The number of amides is 2. The summed E-state index contributed by atoms with van der Waals surface area (Å²) in [5.41, 5.74) is -1.21. The number of nitrogens with zero attached hydrogens (tertiary/aromatic N) is 3. The van der Waals surface area contributed by atoms with Crippen LogP contribution in [-0.4, -0.2) is 49.2 Å². The van der Waals surface area contributed by atoms with Crippen molar-refractivity contribution in [2.45, 2.75) is 39.8 Å². The molecule has 33 heavy (non-hydrogen) atoms. The van der Waals surface area contributed by atoms with E-state index in [1.807, 2.05) is 0 Å². The minimum absolute atomic E-state index is 0.0658. The van der Waals surface area contributed by atoms with Crippen molar-refractivity contribution < 1.29 is 19.1 Å². The van der Waals surface area contributed by atoms with E-state index in [-0.39, 0.29) is 34.5 Å². The number of hydrogen-bond acceptors (Lipinski definition) is 7.